The third-order valence-corrected chi connectivity index (χ3v) is 4.60. The highest BCUT2D eigenvalue weighted by atomic mass is 16.4. The standard InChI is InChI=1S/C19H29N3O4/c1-13(2)6-7-15-12-14(3)16(18(24)26-15)17(23)21-8-10-22(11-9-21)19(25)20(4)5/h12-13H,6-11H2,1-5H3. The molecule has 26 heavy (non-hydrogen) atoms. The molecule has 0 aliphatic carbocycles. The Balaban J connectivity index is 2.08. The van der Waals surface area contributed by atoms with Crippen LogP contribution in [0.25, 0.3) is 0 Å². The quantitative estimate of drug-likeness (QED) is 0.820. The van der Waals surface area contributed by atoms with E-state index in [-0.39, 0.29) is 17.5 Å². The van der Waals surface area contributed by atoms with Crippen molar-refractivity contribution in [1.29, 1.82) is 0 Å². The largest absolute Gasteiger partial charge is 0.427 e. The van der Waals surface area contributed by atoms with Gasteiger partial charge < -0.3 is 19.1 Å². The lowest BCUT2D eigenvalue weighted by atomic mass is 10.0. The SMILES string of the molecule is Cc1cc(CCC(C)C)oc(=O)c1C(=O)N1CCN(C(=O)N(C)C)CC1. The Labute approximate surface area is 154 Å². The maximum absolute atomic E-state index is 12.8. The monoisotopic (exact) mass is 363 g/mol. The summed E-state index contributed by atoms with van der Waals surface area (Å²) in [6, 6.07) is 1.73. The molecule has 0 spiro atoms. The molecule has 1 aliphatic heterocycles. The van der Waals surface area contributed by atoms with Gasteiger partial charge >= 0.3 is 11.7 Å². The molecule has 0 aromatic carbocycles. The van der Waals surface area contributed by atoms with Crippen molar-refractivity contribution in [2.75, 3.05) is 40.3 Å². The lowest BCUT2D eigenvalue weighted by Gasteiger charge is -2.35. The van der Waals surface area contributed by atoms with E-state index in [1.54, 1.807) is 36.9 Å². The van der Waals surface area contributed by atoms with Crippen molar-refractivity contribution in [3.05, 3.63) is 33.4 Å². The highest BCUT2D eigenvalue weighted by molar-refractivity contribution is 5.95. The summed E-state index contributed by atoms with van der Waals surface area (Å²) in [4.78, 5) is 42.0. The first-order valence-corrected chi connectivity index (χ1v) is 9.09. The molecule has 1 aromatic heterocycles. The molecule has 0 atom stereocenters. The van der Waals surface area contributed by atoms with Crippen LogP contribution >= 0.6 is 0 Å². The number of carbonyl (C=O) groups is 2. The second-order valence-corrected chi connectivity index (χ2v) is 7.45. The van der Waals surface area contributed by atoms with Gasteiger partial charge in [-0.1, -0.05) is 13.8 Å². The maximum atomic E-state index is 12.8. The summed E-state index contributed by atoms with van der Waals surface area (Å²) < 4.78 is 5.37. The van der Waals surface area contributed by atoms with E-state index >= 15 is 0 Å². The third-order valence-electron chi connectivity index (χ3n) is 4.60. The fraction of sp³-hybridized carbons (Fsp3) is 0.632. The van der Waals surface area contributed by atoms with Gasteiger partial charge in [-0.05, 0) is 30.9 Å². The molecule has 1 saturated heterocycles. The Kier molecular flexibility index (Phi) is 6.45. The molecule has 7 nitrogen and oxygen atoms in total. The first-order valence-electron chi connectivity index (χ1n) is 9.09. The van der Waals surface area contributed by atoms with Crippen molar-refractivity contribution in [2.24, 2.45) is 5.92 Å². The summed E-state index contributed by atoms with van der Waals surface area (Å²) in [5.74, 6) is 0.825. The van der Waals surface area contributed by atoms with Crippen LogP contribution in [0.1, 0.15) is 41.9 Å². The molecule has 0 bridgehead atoms. The first kappa shape index (κ1) is 20.0. The van der Waals surface area contributed by atoms with Crippen LogP contribution in [0.4, 0.5) is 4.79 Å². The third kappa shape index (κ3) is 4.65. The average molecular weight is 363 g/mol. The molecule has 1 aliphatic rings. The fourth-order valence-corrected chi connectivity index (χ4v) is 3.03. The first-order chi connectivity index (χ1) is 12.2. The number of piperazine rings is 1. The zero-order valence-electron chi connectivity index (χ0n) is 16.4. The lowest BCUT2D eigenvalue weighted by Crippen LogP contribution is -2.53. The predicted octanol–water partition coefficient (Wildman–Crippen LogP) is 1.98. The van der Waals surface area contributed by atoms with Crippen molar-refractivity contribution < 1.29 is 14.0 Å². The predicted molar refractivity (Wildman–Crippen MR) is 99.4 cm³/mol. The van der Waals surface area contributed by atoms with E-state index in [1.807, 2.05) is 0 Å². The van der Waals surface area contributed by atoms with Gasteiger partial charge in [0, 0.05) is 46.7 Å². The smallest absolute Gasteiger partial charge is 0.349 e. The van der Waals surface area contributed by atoms with Crippen LogP contribution < -0.4 is 5.63 Å². The van der Waals surface area contributed by atoms with E-state index in [1.165, 1.54) is 4.90 Å². The second kappa shape index (κ2) is 8.38. The van der Waals surface area contributed by atoms with Crippen molar-refractivity contribution in [3.63, 3.8) is 0 Å². The number of hydrogen-bond acceptors (Lipinski definition) is 4. The minimum absolute atomic E-state index is 0.0673. The summed E-state index contributed by atoms with van der Waals surface area (Å²) >= 11 is 0. The van der Waals surface area contributed by atoms with Crippen LogP contribution in [-0.4, -0.2) is 66.9 Å². The van der Waals surface area contributed by atoms with Gasteiger partial charge in [0.15, 0.2) is 0 Å². The van der Waals surface area contributed by atoms with E-state index in [2.05, 4.69) is 13.8 Å². The molecule has 0 radical (unpaired) electrons. The molecular weight excluding hydrogens is 334 g/mol. The van der Waals surface area contributed by atoms with Gasteiger partial charge in [0.25, 0.3) is 5.91 Å². The van der Waals surface area contributed by atoms with Gasteiger partial charge in [-0.15, -0.1) is 0 Å². The topological polar surface area (TPSA) is 74.1 Å². The van der Waals surface area contributed by atoms with E-state index in [4.69, 9.17) is 4.42 Å². The highest BCUT2D eigenvalue weighted by Crippen LogP contribution is 2.14. The fourth-order valence-electron chi connectivity index (χ4n) is 3.03. The van der Waals surface area contributed by atoms with Crippen LogP contribution in [0, 0.1) is 12.8 Å². The Bertz CT molecular complexity index is 716. The Morgan fingerprint density at radius 3 is 2.23 bits per heavy atom. The summed E-state index contributed by atoms with van der Waals surface area (Å²) in [6.07, 6.45) is 1.62. The number of aryl methyl sites for hydroxylation is 2. The number of urea groups is 1. The van der Waals surface area contributed by atoms with Gasteiger partial charge in [-0.2, -0.15) is 0 Å². The second-order valence-electron chi connectivity index (χ2n) is 7.45. The number of amides is 3. The summed E-state index contributed by atoms with van der Waals surface area (Å²) in [5, 5.41) is 0. The maximum Gasteiger partial charge on any atom is 0.349 e. The molecule has 2 heterocycles. The molecule has 0 unspecified atom stereocenters. The number of nitrogens with zero attached hydrogens (tertiary/aromatic N) is 3. The Morgan fingerprint density at radius 1 is 1.15 bits per heavy atom. The zero-order chi connectivity index (χ0) is 19.4. The van der Waals surface area contributed by atoms with Crippen LogP contribution in [-0.2, 0) is 6.42 Å². The van der Waals surface area contributed by atoms with Crippen LogP contribution in [0.15, 0.2) is 15.3 Å². The molecular formula is C19H29N3O4. The van der Waals surface area contributed by atoms with Crippen LogP contribution in [0.2, 0.25) is 0 Å². The lowest BCUT2D eigenvalue weighted by molar-refractivity contribution is 0.0644. The van der Waals surface area contributed by atoms with E-state index in [9.17, 15) is 14.4 Å². The van der Waals surface area contributed by atoms with Crippen molar-refractivity contribution in [1.82, 2.24) is 14.7 Å². The molecule has 3 amide bonds. The molecule has 7 heteroatoms. The number of carbonyl (C=O) groups excluding carboxylic acids is 2. The van der Waals surface area contributed by atoms with E-state index in [0.29, 0.717) is 49.8 Å². The summed E-state index contributed by atoms with van der Waals surface area (Å²) in [5.41, 5.74) is 0.183. The van der Waals surface area contributed by atoms with Crippen molar-refractivity contribution in [2.45, 2.75) is 33.6 Å². The molecule has 0 saturated carbocycles. The number of hydrogen-bond donors (Lipinski definition) is 0. The Morgan fingerprint density at radius 2 is 1.73 bits per heavy atom. The van der Waals surface area contributed by atoms with E-state index in [0.717, 1.165) is 6.42 Å². The Hall–Kier alpha value is -2.31. The average Bonchev–Trinajstić information content (AvgIpc) is 2.58. The van der Waals surface area contributed by atoms with Gasteiger partial charge in [-0.25, -0.2) is 9.59 Å². The molecule has 1 aromatic rings. The normalized spacial score (nSPS) is 14.7. The van der Waals surface area contributed by atoms with Gasteiger partial charge in [0.2, 0.25) is 0 Å². The minimum Gasteiger partial charge on any atom is -0.427 e. The van der Waals surface area contributed by atoms with Crippen molar-refractivity contribution in [3.8, 4) is 0 Å². The molecule has 144 valence electrons. The molecule has 2 rings (SSSR count). The van der Waals surface area contributed by atoms with Crippen LogP contribution in [0.3, 0.4) is 0 Å². The number of rotatable bonds is 4. The minimum atomic E-state index is -0.569. The van der Waals surface area contributed by atoms with Gasteiger partial charge in [0.05, 0.1) is 0 Å². The summed E-state index contributed by atoms with van der Waals surface area (Å²) in [7, 11) is 3.41. The molecule has 0 N–H and O–H groups in total. The van der Waals surface area contributed by atoms with Crippen molar-refractivity contribution >= 4 is 11.9 Å². The highest BCUT2D eigenvalue weighted by Gasteiger charge is 2.28. The van der Waals surface area contributed by atoms with E-state index < -0.39 is 5.63 Å². The zero-order valence-corrected chi connectivity index (χ0v) is 16.4. The van der Waals surface area contributed by atoms with Crippen LogP contribution in [0.5, 0.6) is 0 Å². The molecule has 1 fully saturated rings. The summed E-state index contributed by atoms with van der Waals surface area (Å²) in [6.45, 7) is 7.74. The van der Waals surface area contributed by atoms with Gasteiger partial charge in [-0.3, -0.25) is 4.79 Å². The van der Waals surface area contributed by atoms with Gasteiger partial charge in [0.1, 0.15) is 11.3 Å².